The van der Waals surface area contributed by atoms with Gasteiger partial charge in [0.05, 0.1) is 5.69 Å². The number of rotatable bonds is 5. The highest BCUT2D eigenvalue weighted by Gasteiger charge is 2.27. The van der Waals surface area contributed by atoms with E-state index in [1.165, 1.54) is 12.1 Å². The van der Waals surface area contributed by atoms with Crippen molar-refractivity contribution >= 4 is 37.3 Å². The van der Waals surface area contributed by atoms with E-state index >= 15 is 0 Å². The lowest BCUT2D eigenvalue weighted by molar-refractivity contribution is 0.0984. The van der Waals surface area contributed by atoms with Crippen LogP contribution < -0.4 is 9.86 Å². The minimum atomic E-state index is -4.47. The predicted octanol–water partition coefficient (Wildman–Crippen LogP) is 1.88. The third-order valence-electron chi connectivity index (χ3n) is 3.70. The average molecular weight is 438 g/mol. The summed E-state index contributed by atoms with van der Waals surface area (Å²) in [5.74, 6) is -0.901. The molecule has 1 aromatic heterocycles. The summed E-state index contributed by atoms with van der Waals surface area (Å²) in [6.45, 7) is 1.59. The van der Waals surface area contributed by atoms with Gasteiger partial charge in [-0.25, -0.2) is 31.7 Å². The molecule has 8 nitrogen and oxygen atoms in total. The zero-order chi connectivity index (χ0) is 20.5. The Balaban J connectivity index is 1.95. The zero-order valence-electron chi connectivity index (χ0n) is 14.5. The maximum absolute atomic E-state index is 12.6. The van der Waals surface area contributed by atoms with Gasteiger partial charge in [0.25, 0.3) is 15.9 Å². The van der Waals surface area contributed by atoms with Gasteiger partial charge in [-0.1, -0.05) is 42.5 Å². The minimum absolute atomic E-state index is 0.107. The summed E-state index contributed by atoms with van der Waals surface area (Å²) in [6.07, 6.45) is 0. The fourth-order valence-electron chi connectivity index (χ4n) is 2.44. The van der Waals surface area contributed by atoms with Gasteiger partial charge in [0.1, 0.15) is 19.7 Å². The largest absolute Gasteiger partial charge is 0.277 e. The first-order valence-corrected chi connectivity index (χ1v) is 11.7. The lowest BCUT2D eigenvalue weighted by Crippen LogP contribution is -2.32. The number of aromatic nitrogens is 1. The summed E-state index contributed by atoms with van der Waals surface area (Å²) >= 11 is 1.04. The number of carbonyl (C=O) groups is 1. The number of hydrogen-bond acceptors (Lipinski definition) is 7. The molecule has 3 N–H and O–H groups in total. The van der Waals surface area contributed by atoms with E-state index in [1.807, 2.05) is 35.1 Å². The number of thiazole rings is 1. The number of nitrogens with zero attached hydrogens (tertiary/aromatic N) is 1. The van der Waals surface area contributed by atoms with Crippen LogP contribution in [0.3, 0.4) is 0 Å². The first kappa shape index (κ1) is 20.1. The molecule has 1 heterocycles. The Hall–Kier alpha value is -2.60. The summed E-state index contributed by atoms with van der Waals surface area (Å²) in [7, 11) is -8.77. The van der Waals surface area contributed by atoms with Crippen molar-refractivity contribution in [2.24, 2.45) is 5.14 Å². The zero-order valence-corrected chi connectivity index (χ0v) is 16.9. The lowest BCUT2D eigenvalue weighted by Gasteiger charge is -2.09. The summed E-state index contributed by atoms with van der Waals surface area (Å²) < 4.78 is 50.4. The Morgan fingerprint density at radius 2 is 1.54 bits per heavy atom. The summed E-state index contributed by atoms with van der Waals surface area (Å²) in [5, 5.41) is 5.64. The number of amides is 1. The van der Waals surface area contributed by atoms with Crippen molar-refractivity contribution in [3.05, 3.63) is 65.2 Å². The molecule has 0 saturated heterocycles. The maximum Gasteiger partial charge on any atom is 0.277 e. The Morgan fingerprint density at radius 3 is 2.14 bits per heavy atom. The number of nitrogens with one attached hydrogen (secondary N) is 1. The van der Waals surface area contributed by atoms with Gasteiger partial charge in [0.2, 0.25) is 10.0 Å². The molecule has 0 aliphatic heterocycles. The monoisotopic (exact) mass is 437 g/mol. The van der Waals surface area contributed by atoms with Gasteiger partial charge in [-0.3, -0.25) is 4.79 Å². The molecule has 0 bridgehead atoms. The first-order chi connectivity index (χ1) is 13.1. The maximum atomic E-state index is 12.6. The SMILES string of the molecule is Cc1nc(-c2ccccc2)sc1C(=O)NS(=O)(=O)c1ccccc1S(N)(=O)=O. The number of benzene rings is 2. The standard InChI is InChI=1S/C17H15N3O5S3/c1-11-15(26-17(19-11)12-7-3-2-4-8-12)16(21)20-28(24,25)14-10-6-5-9-13(14)27(18,22)23/h2-10H,1H3,(H,20,21)(H2,18,22,23). The van der Waals surface area contributed by atoms with Crippen LogP contribution in [-0.4, -0.2) is 27.7 Å². The van der Waals surface area contributed by atoms with Gasteiger partial charge in [0, 0.05) is 5.56 Å². The van der Waals surface area contributed by atoms with Crippen molar-refractivity contribution < 1.29 is 21.6 Å². The summed E-state index contributed by atoms with van der Waals surface area (Å²) in [4.78, 5) is 15.8. The van der Waals surface area contributed by atoms with Crippen LogP contribution in [0.1, 0.15) is 15.4 Å². The van der Waals surface area contributed by atoms with Gasteiger partial charge >= 0.3 is 0 Å². The molecule has 0 radical (unpaired) electrons. The Labute approximate surface area is 166 Å². The molecule has 0 spiro atoms. The van der Waals surface area contributed by atoms with Crippen LogP contribution in [0.15, 0.2) is 64.4 Å². The number of nitrogens with two attached hydrogens (primary N) is 1. The molecule has 28 heavy (non-hydrogen) atoms. The number of primary sulfonamides is 1. The van der Waals surface area contributed by atoms with Crippen LogP contribution in [0.2, 0.25) is 0 Å². The van der Waals surface area contributed by atoms with Crippen LogP contribution in [-0.2, 0) is 20.0 Å². The predicted molar refractivity (Wildman–Crippen MR) is 105 cm³/mol. The molecular weight excluding hydrogens is 422 g/mol. The highest BCUT2D eigenvalue weighted by molar-refractivity contribution is 7.92. The van der Waals surface area contributed by atoms with Gasteiger partial charge in [-0.15, -0.1) is 11.3 Å². The summed E-state index contributed by atoms with van der Waals surface area (Å²) in [5.41, 5.74) is 1.15. The molecule has 0 atom stereocenters. The highest BCUT2D eigenvalue weighted by atomic mass is 32.2. The second kappa shape index (κ2) is 7.43. The molecule has 0 fully saturated rings. The smallest absolute Gasteiger partial charge is 0.267 e. The van der Waals surface area contributed by atoms with E-state index in [9.17, 15) is 21.6 Å². The van der Waals surface area contributed by atoms with Gasteiger partial charge < -0.3 is 0 Å². The van der Waals surface area contributed by atoms with Crippen LogP contribution in [0.25, 0.3) is 10.6 Å². The third kappa shape index (κ3) is 4.12. The molecule has 0 aliphatic rings. The van der Waals surface area contributed by atoms with Crippen LogP contribution >= 0.6 is 11.3 Å². The molecule has 3 rings (SSSR count). The van der Waals surface area contributed by atoms with E-state index in [0.29, 0.717) is 10.7 Å². The molecule has 2 aromatic carbocycles. The molecular formula is C17H15N3O5S3. The topological polar surface area (TPSA) is 136 Å². The molecule has 11 heteroatoms. The third-order valence-corrected chi connectivity index (χ3v) is 7.39. The van der Waals surface area contributed by atoms with E-state index in [0.717, 1.165) is 29.0 Å². The van der Waals surface area contributed by atoms with Crippen LogP contribution in [0, 0.1) is 6.92 Å². The van der Waals surface area contributed by atoms with E-state index in [4.69, 9.17) is 5.14 Å². The van der Waals surface area contributed by atoms with Crippen molar-refractivity contribution in [1.29, 1.82) is 0 Å². The number of carbonyl (C=O) groups excluding carboxylic acids is 1. The van der Waals surface area contributed by atoms with E-state index in [-0.39, 0.29) is 4.88 Å². The quantitative estimate of drug-likeness (QED) is 0.625. The van der Waals surface area contributed by atoms with E-state index in [1.54, 1.807) is 6.92 Å². The normalized spacial score (nSPS) is 11.9. The molecule has 146 valence electrons. The molecule has 0 unspecified atom stereocenters. The Bertz CT molecular complexity index is 1250. The second-order valence-corrected chi connectivity index (χ2v) is 9.91. The molecule has 3 aromatic rings. The van der Waals surface area contributed by atoms with Gasteiger partial charge in [0.15, 0.2) is 0 Å². The molecule has 0 aliphatic carbocycles. The fraction of sp³-hybridized carbons (Fsp3) is 0.0588. The second-order valence-electron chi connectivity index (χ2n) is 5.73. The first-order valence-electron chi connectivity index (χ1n) is 7.81. The number of aryl methyl sites for hydroxylation is 1. The van der Waals surface area contributed by atoms with E-state index < -0.39 is 35.7 Å². The molecule has 1 amide bonds. The Morgan fingerprint density at radius 1 is 0.964 bits per heavy atom. The van der Waals surface area contributed by atoms with Crippen LogP contribution in [0.5, 0.6) is 0 Å². The fourth-order valence-corrected chi connectivity index (χ4v) is 5.81. The van der Waals surface area contributed by atoms with Crippen molar-refractivity contribution in [3.8, 4) is 10.6 Å². The summed E-state index contributed by atoms with van der Waals surface area (Å²) in [6, 6.07) is 13.9. The van der Waals surface area contributed by atoms with Crippen LogP contribution in [0.4, 0.5) is 0 Å². The van der Waals surface area contributed by atoms with E-state index in [2.05, 4.69) is 4.98 Å². The number of sulfonamides is 2. The highest BCUT2D eigenvalue weighted by Crippen LogP contribution is 2.28. The van der Waals surface area contributed by atoms with Crippen molar-refractivity contribution in [3.63, 3.8) is 0 Å². The van der Waals surface area contributed by atoms with Gasteiger partial charge in [-0.05, 0) is 19.1 Å². The number of hydrogen-bond donors (Lipinski definition) is 2. The lowest BCUT2D eigenvalue weighted by atomic mass is 10.2. The molecule has 0 saturated carbocycles. The average Bonchev–Trinajstić information content (AvgIpc) is 3.03. The van der Waals surface area contributed by atoms with Crippen molar-refractivity contribution in [2.45, 2.75) is 16.7 Å². The minimum Gasteiger partial charge on any atom is -0.267 e. The van der Waals surface area contributed by atoms with Gasteiger partial charge in [-0.2, -0.15) is 0 Å². The van der Waals surface area contributed by atoms with Crippen molar-refractivity contribution in [2.75, 3.05) is 0 Å². The van der Waals surface area contributed by atoms with Crippen molar-refractivity contribution in [1.82, 2.24) is 9.71 Å². The Kier molecular flexibility index (Phi) is 5.35.